The second-order valence-electron chi connectivity index (χ2n) is 8.31. The summed E-state index contributed by atoms with van der Waals surface area (Å²) < 4.78 is 5.97. The summed E-state index contributed by atoms with van der Waals surface area (Å²) in [6.45, 7) is 2.76. The van der Waals surface area contributed by atoms with Gasteiger partial charge in [0.1, 0.15) is 12.4 Å². The van der Waals surface area contributed by atoms with Gasteiger partial charge in [-0.2, -0.15) is 0 Å². The van der Waals surface area contributed by atoms with Gasteiger partial charge in [0.05, 0.1) is 17.8 Å². The summed E-state index contributed by atoms with van der Waals surface area (Å²) in [5.41, 5.74) is 5.69. The largest absolute Gasteiger partial charge is 0.487 e. The number of nitrogens with zero attached hydrogens (tertiary/aromatic N) is 1. The van der Waals surface area contributed by atoms with Crippen LogP contribution >= 0.6 is 0 Å². The van der Waals surface area contributed by atoms with Crippen LogP contribution in [0.25, 0.3) is 11.3 Å². The first-order valence-electron chi connectivity index (χ1n) is 10.6. The molecule has 6 nitrogen and oxygen atoms in total. The molecule has 1 fully saturated rings. The molecule has 3 aliphatic rings. The topological polar surface area (TPSA) is 82.0 Å². The lowest BCUT2D eigenvalue weighted by Crippen LogP contribution is -2.46. The number of anilines is 1. The highest BCUT2D eigenvalue weighted by molar-refractivity contribution is 6.36. The Bertz CT molecular complexity index is 1020. The standard InChI is InChI=1S/C24H26N2O4/c27-20-9-11-26(13-21(20)28)10-3-4-15-7-8-17-16(12-15)14-30-23(17)22-18-5-1-2-6-19(18)25-24(22)29/h1-2,5-8,12,20-21,27-28H,3-4,9-11,13-14H2,(H,25,29)/b23-22+. The van der Waals surface area contributed by atoms with Gasteiger partial charge in [-0.15, -0.1) is 0 Å². The number of fused-ring (bicyclic) bond motifs is 2. The highest BCUT2D eigenvalue weighted by atomic mass is 16.5. The summed E-state index contributed by atoms with van der Waals surface area (Å²) in [6.07, 6.45) is 1.34. The number of para-hydroxylation sites is 1. The highest BCUT2D eigenvalue weighted by Gasteiger charge is 2.32. The second kappa shape index (κ2) is 7.87. The van der Waals surface area contributed by atoms with Crippen molar-refractivity contribution < 1.29 is 19.7 Å². The minimum Gasteiger partial charge on any atom is -0.487 e. The monoisotopic (exact) mass is 406 g/mol. The molecule has 0 aromatic heterocycles. The molecule has 1 amide bonds. The lowest BCUT2D eigenvalue weighted by molar-refractivity contribution is -0.110. The Morgan fingerprint density at radius 3 is 2.83 bits per heavy atom. The lowest BCUT2D eigenvalue weighted by atomic mass is 9.98. The van der Waals surface area contributed by atoms with E-state index in [1.165, 1.54) is 5.56 Å². The summed E-state index contributed by atoms with van der Waals surface area (Å²) in [7, 11) is 0. The van der Waals surface area contributed by atoms with Gasteiger partial charge in [0, 0.05) is 35.5 Å². The number of likely N-dealkylation sites (tertiary alicyclic amines) is 1. The van der Waals surface area contributed by atoms with Gasteiger partial charge in [-0.05, 0) is 37.4 Å². The van der Waals surface area contributed by atoms with Crippen molar-refractivity contribution in [2.24, 2.45) is 0 Å². The quantitative estimate of drug-likeness (QED) is 0.680. The van der Waals surface area contributed by atoms with Crippen LogP contribution in [0.2, 0.25) is 0 Å². The fourth-order valence-corrected chi connectivity index (χ4v) is 4.62. The molecule has 3 heterocycles. The Morgan fingerprint density at radius 2 is 1.97 bits per heavy atom. The molecule has 0 aliphatic carbocycles. The number of ether oxygens (including phenoxy) is 1. The van der Waals surface area contributed by atoms with Gasteiger partial charge in [-0.25, -0.2) is 0 Å². The summed E-state index contributed by atoms with van der Waals surface area (Å²) in [5.74, 6) is 0.553. The van der Waals surface area contributed by atoms with E-state index in [1.54, 1.807) is 0 Å². The predicted molar refractivity (Wildman–Crippen MR) is 115 cm³/mol. The van der Waals surface area contributed by atoms with Gasteiger partial charge >= 0.3 is 0 Å². The molecule has 5 rings (SSSR count). The van der Waals surface area contributed by atoms with E-state index >= 15 is 0 Å². The molecule has 0 spiro atoms. The fourth-order valence-electron chi connectivity index (χ4n) is 4.62. The number of β-amino-alcohol motifs (C(OH)–C–C–N with tert-alkyl or cyclic N) is 1. The smallest absolute Gasteiger partial charge is 0.260 e. The van der Waals surface area contributed by atoms with Crippen LogP contribution in [-0.4, -0.2) is 52.9 Å². The molecule has 2 unspecified atom stereocenters. The Balaban J connectivity index is 1.29. The first-order chi connectivity index (χ1) is 14.6. The van der Waals surface area contributed by atoms with Gasteiger partial charge in [0.25, 0.3) is 5.91 Å². The van der Waals surface area contributed by atoms with E-state index in [9.17, 15) is 15.0 Å². The number of benzene rings is 2. The second-order valence-corrected chi connectivity index (χ2v) is 8.31. The highest BCUT2D eigenvalue weighted by Crippen LogP contribution is 2.41. The lowest BCUT2D eigenvalue weighted by Gasteiger charge is -2.33. The zero-order valence-corrected chi connectivity index (χ0v) is 16.8. The van der Waals surface area contributed by atoms with Crippen LogP contribution < -0.4 is 5.32 Å². The van der Waals surface area contributed by atoms with Crippen molar-refractivity contribution in [2.75, 3.05) is 25.0 Å². The average Bonchev–Trinajstić information content (AvgIpc) is 3.29. The number of carbonyl (C=O) groups excluding carboxylic acids is 1. The van der Waals surface area contributed by atoms with Crippen molar-refractivity contribution >= 4 is 22.9 Å². The third-order valence-electron chi connectivity index (χ3n) is 6.26. The number of aliphatic hydroxyl groups excluding tert-OH is 2. The Morgan fingerprint density at radius 1 is 1.10 bits per heavy atom. The molecule has 6 heteroatoms. The maximum atomic E-state index is 12.5. The maximum absolute atomic E-state index is 12.5. The summed E-state index contributed by atoms with van der Waals surface area (Å²) in [4.78, 5) is 14.8. The molecule has 0 bridgehead atoms. The molecule has 2 aromatic carbocycles. The van der Waals surface area contributed by atoms with Gasteiger partial charge in [0.2, 0.25) is 0 Å². The summed E-state index contributed by atoms with van der Waals surface area (Å²) in [6, 6.07) is 14.0. The molecule has 30 heavy (non-hydrogen) atoms. The molecule has 2 atom stereocenters. The number of hydrogen-bond acceptors (Lipinski definition) is 5. The Labute approximate surface area is 175 Å². The minimum atomic E-state index is -0.639. The summed E-state index contributed by atoms with van der Waals surface area (Å²) in [5, 5.41) is 22.4. The molecule has 156 valence electrons. The number of amides is 1. The van der Waals surface area contributed by atoms with E-state index in [1.807, 2.05) is 24.3 Å². The van der Waals surface area contributed by atoms with E-state index in [2.05, 4.69) is 28.4 Å². The first-order valence-corrected chi connectivity index (χ1v) is 10.6. The van der Waals surface area contributed by atoms with Crippen molar-refractivity contribution in [1.29, 1.82) is 0 Å². The van der Waals surface area contributed by atoms with Crippen LogP contribution in [0, 0.1) is 0 Å². The molecule has 3 N–H and O–H groups in total. The average molecular weight is 406 g/mol. The number of aliphatic hydroxyl groups is 2. The van der Waals surface area contributed by atoms with Gasteiger partial charge in [-0.1, -0.05) is 36.4 Å². The number of aryl methyl sites for hydroxylation is 1. The number of rotatable bonds is 4. The maximum Gasteiger partial charge on any atom is 0.260 e. The molecular weight excluding hydrogens is 380 g/mol. The van der Waals surface area contributed by atoms with E-state index in [-0.39, 0.29) is 5.91 Å². The van der Waals surface area contributed by atoms with Crippen LogP contribution in [0.4, 0.5) is 5.69 Å². The van der Waals surface area contributed by atoms with Crippen LogP contribution in [0.5, 0.6) is 0 Å². The van der Waals surface area contributed by atoms with Crippen LogP contribution in [0.1, 0.15) is 35.1 Å². The van der Waals surface area contributed by atoms with Crippen LogP contribution in [0.3, 0.4) is 0 Å². The molecule has 0 saturated carbocycles. The number of piperidine rings is 1. The van der Waals surface area contributed by atoms with E-state index < -0.39 is 12.2 Å². The third-order valence-corrected chi connectivity index (χ3v) is 6.26. The molecular formula is C24H26N2O4. The van der Waals surface area contributed by atoms with Crippen molar-refractivity contribution in [3.05, 3.63) is 64.7 Å². The molecule has 0 radical (unpaired) electrons. The van der Waals surface area contributed by atoms with Crippen LogP contribution in [0.15, 0.2) is 42.5 Å². The van der Waals surface area contributed by atoms with Gasteiger partial charge < -0.3 is 25.2 Å². The van der Waals surface area contributed by atoms with Crippen LogP contribution in [-0.2, 0) is 22.6 Å². The summed E-state index contributed by atoms with van der Waals surface area (Å²) >= 11 is 0. The third kappa shape index (κ3) is 3.51. The van der Waals surface area contributed by atoms with Crippen molar-refractivity contribution in [3.63, 3.8) is 0 Å². The normalized spacial score (nSPS) is 25.6. The molecule has 3 aliphatic heterocycles. The SMILES string of the molecule is O=C1Nc2ccccc2/C1=C1\OCc2cc(CCCN3CCC(O)C(O)C3)ccc21. The Hall–Kier alpha value is -2.67. The van der Waals surface area contributed by atoms with Crippen molar-refractivity contribution in [1.82, 2.24) is 4.90 Å². The minimum absolute atomic E-state index is 0.114. The van der Waals surface area contributed by atoms with Gasteiger partial charge in [-0.3, -0.25) is 4.79 Å². The van der Waals surface area contributed by atoms with E-state index in [0.29, 0.717) is 30.9 Å². The zero-order chi connectivity index (χ0) is 20.7. The number of hydrogen-bond donors (Lipinski definition) is 3. The molecule has 2 aromatic rings. The van der Waals surface area contributed by atoms with E-state index in [0.717, 1.165) is 48.3 Å². The predicted octanol–water partition coefficient (Wildman–Crippen LogP) is 2.40. The van der Waals surface area contributed by atoms with Gasteiger partial charge in [0.15, 0.2) is 0 Å². The number of nitrogens with one attached hydrogen (secondary N) is 1. The fraction of sp³-hybridized carbons (Fsp3) is 0.375. The Kier molecular flexibility index (Phi) is 5.06. The molecule has 1 saturated heterocycles. The number of carbonyl (C=O) groups is 1. The first kappa shape index (κ1) is 19.3. The zero-order valence-electron chi connectivity index (χ0n) is 16.8. The van der Waals surface area contributed by atoms with E-state index in [4.69, 9.17) is 4.74 Å². The van der Waals surface area contributed by atoms with Crippen molar-refractivity contribution in [2.45, 2.75) is 38.1 Å². The van der Waals surface area contributed by atoms with Crippen molar-refractivity contribution in [3.8, 4) is 0 Å².